The van der Waals surface area contributed by atoms with Crippen LogP contribution in [0.2, 0.25) is 0 Å². The van der Waals surface area contributed by atoms with Gasteiger partial charge in [-0.15, -0.1) is 0 Å². The Hall–Kier alpha value is -3.60. The minimum absolute atomic E-state index is 0.111. The highest BCUT2D eigenvalue weighted by Crippen LogP contribution is 2.34. The molecule has 3 aromatic rings. The number of fused-ring (bicyclic) bond motifs is 1. The second-order valence-electron chi connectivity index (χ2n) is 7.25. The van der Waals surface area contributed by atoms with Crippen LogP contribution in [0, 0.1) is 0 Å². The molecule has 5 heteroatoms. The van der Waals surface area contributed by atoms with Crippen molar-refractivity contribution in [2.45, 2.75) is 19.0 Å². The predicted octanol–water partition coefficient (Wildman–Crippen LogP) is 3.75. The molecule has 1 N–H and O–H groups in total. The third-order valence-electron chi connectivity index (χ3n) is 5.43. The smallest absolute Gasteiger partial charge is 0.255 e. The number of carbonyl (C=O) groups is 2. The van der Waals surface area contributed by atoms with E-state index < -0.39 is 6.04 Å². The first-order valence-corrected chi connectivity index (χ1v) is 10.0. The van der Waals surface area contributed by atoms with E-state index in [1.165, 1.54) is 0 Å². The number of benzene rings is 3. The Kier molecular flexibility index (Phi) is 5.80. The fraction of sp³-hybridized carbons (Fsp3) is 0.200. The molecule has 30 heavy (non-hydrogen) atoms. The number of nitrogens with zero attached hydrogens (tertiary/aromatic N) is 1. The van der Waals surface area contributed by atoms with Crippen molar-refractivity contribution in [1.82, 2.24) is 10.2 Å². The number of ether oxygens (including phenoxy) is 1. The van der Waals surface area contributed by atoms with Gasteiger partial charge in [-0.1, -0.05) is 66.7 Å². The molecule has 2 amide bonds. The van der Waals surface area contributed by atoms with Crippen molar-refractivity contribution >= 4 is 11.8 Å². The molecule has 0 radical (unpaired) electrons. The summed E-state index contributed by atoms with van der Waals surface area (Å²) < 4.78 is 5.43. The van der Waals surface area contributed by atoms with E-state index >= 15 is 0 Å². The Balaban J connectivity index is 1.55. The summed E-state index contributed by atoms with van der Waals surface area (Å²) in [5.41, 5.74) is 3.38. The van der Waals surface area contributed by atoms with Crippen LogP contribution in [-0.4, -0.2) is 30.4 Å². The monoisotopic (exact) mass is 400 g/mol. The van der Waals surface area contributed by atoms with Crippen LogP contribution in [-0.2, 0) is 17.8 Å². The molecule has 1 unspecified atom stereocenters. The summed E-state index contributed by atoms with van der Waals surface area (Å²) in [5, 5.41) is 3.00. The summed E-state index contributed by atoms with van der Waals surface area (Å²) in [5.74, 6) is 0.504. The number of rotatable bonds is 7. The fourth-order valence-corrected chi connectivity index (χ4v) is 3.92. The van der Waals surface area contributed by atoms with E-state index in [1.54, 1.807) is 18.1 Å². The second-order valence-corrected chi connectivity index (χ2v) is 7.25. The van der Waals surface area contributed by atoms with Gasteiger partial charge in [0.25, 0.3) is 5.91 Å². The quantitative estimate of drug-likeness (QED) is 0.657. The van der Waals surface area contributed by atoms with Gasteiger partial charge in [0.2, 0.25) is 5.91 Å². The molecule has 3 aromatic carbocycles. The van der Waals surface area contributed by atoms with Gasteiger partial charge in [-0.3, -0.25) is 9.59 Å². The summed E-state index contributed by atoms with van der Waals surface area (Å²) in [6, 6.07) is 24.2. The molecule has 152 valence electrons. The van der Waals surface area contributed by atoms with Crippen LogP contribution in [0.3, 0.4) is 0 Å². The lowest BCUT2D eigenvalue weighted by Gasteiger charge is -2.25. The van der Waals surface area contributed by atoms with Crippen molar-refractivity contribution in [1.29, 1.82) is 0 Å². The van der Waals surface area contributed by atoms with Crippen molar-refractivity contribution in [2.75, 3.05) is 13.7 Å². The van der Waals surface area contributed by atoms with E-state index in [9.17, 15) is 9.59 Å². The minimum atomic E-state index is -0.632. The lowest BCUT2D eigenvalue weighted by molar-refractivity contribution is -0.125. The fourth-order valence-electron chi connectivity index (χ4n) is 3.92. The first kappa shape index (κ1) is 19.7. The molecule has 1 aliphatic heterocycles. The molecule has 4 rings (SSSR count). The maximum Gasteiger partial charge on any atom is 0.255 e. The van der Waals surface area contributed by atoms with Crippen LogP contribution in [0.15, 0.2) is 78.9 Å². The van der Waals surface area contributed by atoms with Gasteiger partial charge in [-0.25, -0.2) is 0 Å². The molecule has 0 bridgehead atoms. The van der Waals surface area contributed by atoms with Gasteiger partial charge in [0.1, 0.15) is 11.8 Å². The van der Waals surface area contributed by atoms with Crippen molar-refractivity contribution in [3.8, 4) is 5.75 Å². The van der Waals surface area contributed by atoms with E-state index in [0.29, 0.717) is 25.1 Å². The van der Waals surface area contributed by atoms with Gasteiger partial charge >= 0.3 is 0 Å². The van der Waals surface area contributed by atoms with Gasteiger partial charge < -0.3 is 15.0 Å². The van der Waals surface area contributed by atoms with E-state index in [2.05, 4.69) is 5.32 Å². The zero-order valence-electron chi connectivity index (χ0n) is 16.9. The molecule has 0 aromatic heterocycles. The van der Waals surface area contributed by atoms with Crippen LogP contribution in [0.25, 0.3) is 0 Å². The van der Waals surface area contributed by atoms with E-state index in [-0.39, 0.29) is 11.8 Å². The van der Waals surface area contributed by atoms with Crippen LogP contribution in [0.1, 0.15) is 33.1 Å². The maximum atomic E-state index is 13.1. The molecule has 0 saturated carbocycles. The largest absolute Gasteiger partial charge is 0.496 e. The lowest BCUT2D eigenvalue weighted by Crippen LogP contribution is -2.39. The summed E-state index contributed by atoms with van der Waals surface area (Å²) >= 11 is 0. The average molecular weight is 400 g/mol. The van der Waals surface area contributed by atoms with Crippen molar-refractivity contribution in [2.24, 2.45) is 0 Å². The third kappa shape index (κ3) is 3.92. The van der Waals surface area contributed by atoms with E-state index in [1.807, 2.05) is 72.8 Å². The molecule has 1 atom stereocenters. The number of para-hydroxylation sites is 1. The minimum Gasteiger partial charge on any atom is -0.496 e. The van der Waals surface area contributed by atoms with Crippen LogP contribution in [0.4, 0.5) is 0 Å². The predicted molar refractivity (Wildman–Crippen MR) is 115 cm³/mol. The Morgan fingerprint density at radius 1 is 0.967 bits per heavy atom. The van der Waals surface area contributed by atoms with E-state index in [0.717, 1.165) is 22.4 Å². The van der Waals surface area contributed by atoms with Gasteiger partial charge in [0, 0.05) is 18.7 Å². The number of hydrogen-bond acceptors (Lipinski definition) is 3. The van der Waals surface area contributed by atoms with Crippen LogP contribution in [0.5, 0.6) is 5.75 Å². The van der Waals surface area contributed by atoms with Crippen molar-refractivity contribution < 1.29 is 14.3 Å². The molecular weight excluding hydrogens is 376 g/mol. The normalized spacial score (nSPS) is 15.0. The summed E-state index contributed by atoms with van der Waals surface area (Å²) in [4.78, 5) is 27.9. The summed E-state index contributed by atoms with van der Waals surface area (Å²) in [6.45, 7) is 0.851. The summed E-state index contributed by atoms with van der Waals surface area (Å²) in [6.07, 6.45) is 0.603. The van der Waals surface area contributed by atoms with Crippen molar-refractivity contribution in [3.05, 3.63) is 101 Å². The maximum absolute atomic E-state index is 13.1. The van der Waals surface area contributed by atoms with Gasteiger partial charge in [-0.05, 0) is 35.2 Å². The van der Waals surface area contributed by atoms with Gasteiger partial charge in [-0.2, -0.15) is 0 Å². The SMILES string of the molecule is COc1ccccc1CCN1C(=O)c2ccccc2C1C(=O)NCc1ccccc1. The molecular formula is C25H24N2O3. The molecule has 0 saturated heterocycles. The van der Waals surface area contributed by atoms with Crippen LogP contribution >= 0.6 is 0 Å². The zero-order chi connectivity index (χ0) is 20.9. The number of methoxy groups -OCH3 is 1. The molecule has 0 aliphatic carbocycles. The second kappa shape index (κ2) is 8.82. The Bertz CT molecular complexity index is 1050. The standard InChI is InChI=1S/C25H24N2O3/c1-30-22-14-8-5-11-19(22)15-16-27-23(20-12-6-7-13-21(20)25(27)29)24(28)26-17-18-9-3-2-4-10-18/h2-14,23H,15-17H2,1H3,(H,26,28). The number of amides is 2. The Morgan fingerprint density at radius 3 is 2.47 bits per heavy atom. The van der Waals surface area contributed by atoms with Crippen molar-refractivity contribution in [3.63, 3.8) is 0 Å². The van der Waals surface area contributed by atoms with Gasteiger partial charge in [0.15, 0.2) is 0 Å². The highest BCUT2D eigenvalue weighted by molar-refractivity contribution is 6.04. The molecule has 0 spiro atoms. The third-order valence-corrected chi connectivity index (χ3v) is 5.43. The summed E-state index contributed by atoms with van der Waals surface area (Å²) in [7, 11) is 1.63. The number of hydrogen-bond donors (Lipinski definition) is 1. The zero-order valence-corrected chi connectivity index (χ0v) is 16.9. The highest BCUT2D eigenvalue weighted by atomic mass is 16.5. The Labute approximate surface area is 176 Å². The first-order valence-electron chi connectivity index (χ1n) is 10.0. The molecule has 0 fully saturated rings. The average Bonchev–Trinajstić information content (AvgIpc) is 3.08. The van der Waals surface area contributed by atoms with Crippen LogP contribution < -0.4 is 10.1 Å². The lowest BCUT2D eigenvalue weighted by atomic mass is 10.0. The number of carbonyl (C=O) groups excluding carboxylic acids is 2. The molecule has 1 heterocycles. The highest BCUT2D eigenvalue weighted by Gasteiger charge is 2.40. The number of nitrogens with one attached hydrogen (secondary N) is 1. The molecule has 1 aliphatic rings. The van der Waals surface area contributed by atoms with E-state index in [4.69, 9.17) is 4.74 Å². The topological polar surface area (TPSA) is 58.6 Å². The first-order chi connectivity index (χ1) is 14.7. The Morgan fingerprint density at radius 2 is 1.67 bits per heavy atom. The molecule has 5 nitrogen and oxygen atoms in total. The van der Waals surface area contributed by atoms with Gasteiger partial charge in [0.05, 0.1) is 7.11 Å².